The van der Waals surface area contributed by atoms with Crippen molar-refractivity contribution in [1.82, 2.24) is 0 Å². The lowest BCUT2D eigenvalue weighted by atomic mass is 9.95. The van der Waals surface area contributed by atoms with Gasteiger partial charge < -0.3 is 11.1 Å². The molecule has 2 aromatic carbocycles. The molecule has 0 saturated heterocycles. The van der Waals surface area contributed by atoms with Crippen LogP contribution < -0.4 is 11.1 Å². The topological polar surface area (TPSA) is 67.5 Å². The van der Waals surface area contributed by atoms with Crippen molar-refractivity contribution in [3.05, 3.63) is 59.7 Å². The molecular weight excluding hydrogens is 238 g/mol. The van der Waals surface area contributed by atoms with Crippen LogP contribution in [-0.4, -0.2) is 6.08 Å². The molecule has 4 heteroatoms. The number of hydrogen-bond acceptors (Lipinski definition) is 4. The molecule has 1 unspecified atom stereocenters. The van der Waals surface area contributed by atoms with E-state index < -0.39 is 5.66 Å². The Labute approximate surface area is 111 Å². The molecule has 0 fully saturated rings. The number of aliphatic imine (C=N–C) groups is 1. The molecule has 2 aromatic rings. The predicted octanol–water partition coefficient (Wildman–Crippen LogP) is 2.43. The van der Waals surface area contributed by atoms with Gasteiger partial charge in [-0.2, -0.15) is 4.99 Å². The minimum atomic E-state index is -0.735. The quantitative estimate of drug-likeness (QED) is 0.636. The van der Waals surface area contributed by atoms with Crippen LogP contribution in [0.3, 0.4) is 0 Å². The minimum Gasteiger partial charge on any atom is -0.363 e. The molecule has 0 spiro atoms. The van der Waals surface area contributed by atoms with Crippen molar-refractivity contribution in [2.45, 2.75) is 12.1 Å². The summed E-state index contributed by atoms with van der Waals surface area (Å²) in [5, 5.41) is 3.31. The number of nitrogens with zero attached hydrogens (tertiary/aromatic N) is 1. The normalized spacial score (nSPS) is 20.3. The van der Waals surface area contributed by atoms with E-state index in [0.717, 1.165) is 16.8 Å². The molecule has 3 rings (SSSR count). The molecule has 0 aliphatic carbocycles. The third-order valence-electron chi connectivity index (χ3n) is 3.40. The van der Waals surface area contributed by atoms with Gasteiger partial charge in [-0.05, 0) is 17.7 Å². The Kier molecular flexibility index (Phi) is 2.67. The molecule has 0 bridgehead atoms. The van der Waals surface area contributed by atoms with Crippen molar-refractivity contribution in [3.8, 4) is 0 Å². The highest BCUT2D eigenvalue weighted by Gasteiger charge is 2.36. The van der Waals surface area contributed by atoms with E-state index in [1.165, 1.54) is 0 Å². The van der Waals surface area contributed by atoms with Gasteiger partial charge in [0.05, 0.1) is 5.69 Å². The first-order chi connectivity index (χ1) is 9.23. The van der Waals surface area contributed by atoms with Gasteiger partial charge >= 0.3 is 0 Å². The maximum Gasteiger partial charge on any atom is 0.240 e. The zero-order valence-corrected chi connectivity index (χ0v) is 10.3. The Hall–Kier alpha value is -2.42. The molecule has 0 radical (unpaired) electrons. The molecule has 1 aliphatic heterocycles. The summed E-state index contributed by atoms with van der Waals surface area (Å²) < 4.78 is 0. The van der Waals surface area contributed by atoms with E-state index in [-0.39, 0.29) is 0 Å². The largest absolute Gasteiger partial charge is 0.363 e. The number of benzene rings is 2. The van der Waals surface area contributed by atoms with E-state index in [9.17, 15) is 4.79 Å². The van der Waals surface area contributed by atoms with Gasteiger partial charge in [-0.15, -0.1) is 0 Å². The van der Waals surface area contributed by atoms with E-state index in [0.29, 0.717) is 12.1 Å². The molecule has 1 aliphatic rings. The molecule has 94 valence electrons. The van der Waals surface area contributed by atoms with Crippen molar-refractivity contribution in [3.63, 3.8) is 0 Å². The number of nitrogens with one attached hydrogen (secondary N) is 1. The second-order valence-electron chi connectivity index (χ2n) is 4.65. The van der Waals surface area contributed by atoms with E-state index in [1.54, 1.807) is 12.1 Å². The van der Waals surface area contributed by atoms with Crippen molar-refractivity contribution >= 4 is 17.5 Å². The maximum atomic E-state index is 10.5. The number of isocyanates is 1. The number of rotatable bonds is 2. The number of hydrogen-bond donors (Lipinski definition) is 2. The van der Waals surface area contributed by atoms with Crippen LogP contribution in [0.4, 0.5) is 11.4 Å². The van der Waals surface area contributed by atoms with E-state index in [1.807, 2.05) is 42.5 Å². The Morgan fingerprint density at radius 1 is 1.16 bits per heavy atom. The SMILES string of the molecule is NC1(c2ccccc2N=C=O)Cc2ccccc2N1. The summed E-state index contributed by atoms with van der Waals surface area (Å²) in [6.07, 6.45) is 2.24. The van der Waals surface area contributed by atoms with Crippen molar-refractivity contribution in [2.75, 3.05) is 5.32 Å². The molecule has 19 heavy (non-hydrogen) atoms. The second-order valence-corrected chi connectivity index (χ2v) is 4.65. The fourth-order valence-corrected chi connectivity index (χ4v) is 2.54. The molecule has 4 nitrogen and oxygen atoms in total. The Bertz CT molecular complexity index is 650. The maximum absolute atomic E-state index is 10.5. The standard InChI is InChI=1S/C15H13N3O/c16-15(9-11-5-1-3-7-13(11)18-15)12-6-2-4-8-14(12)17-10-19/h1-8,18H,9,16H2. The molecule has 0 aromatic heterocycles. The fourth-order valence-electron chi connectivity index (χ4n) is 2.54. The van der Waals surface area contributed by atoms with E-state index in [2.05, 4.69) is 10.3 Å². The summed E-state index contributed by atoms with van der Waals surface area (Å²) in [6.45, 7) is 0. The predicted molar refractivity (Wildman–Crippen MR) is 73.9 cm³/mol. The summed E-state index contributed by atoms with van der Waals surface area (Å²) in [4.78, 5) is 14.2. The first-order valence-electron chi connectivity index (χ1n) is 6.05. The first kappa shape index (κ1) is 11.7. The van der Waals surface area contributed by atoms with Crippen LogP contribution in [0.5, 0.6) is 0 Å². The van der Waals surface area contributed by atoms with Crippen LogP contribution >= 0.6 is 0 Å². The van der Waals surface area contributed by atoms with Gasteiger partial charge in [0.25, 0.3) is 0 Å². The Morgan fingerprint density at radius 2 is 1.89 bits per heavy atom. The minimum absolute atomic E-state index is 0.556. The van der Waals surface area contributed by atoms with Crippen LogP contribution in [0.15, 0.2) is 53.5 Å². The summed E-state index contributed by atoms with van der Waals surface area (Å²) in [5.74, 6) is 0. The fraction of sp³-hybridized carbons (Fsp3) is 0.133. The summed E-state index contributed by atoms with van der Waals surface area (Å²) in [7, 11) is 0. The first-order valence-corrected chi connectivity index (χ1v) is 6.05. The number of nitrogens with two attached hydrogens (primary N) is 1. The number of fused-ring (bicyclic) bond motifs is 1. The van der Waals surface area contributed by atoms with Crippen molar-refractivity contribution in [1.29, 1.82) is 0 Å². The number of anilines is 1. The third-order valence-corrected chi connectivity index (χ3v) is 3.40. The molecule has 0 amide bonds. The zero-order chi connectivity index (χ0) is 13.3. The smallest absolute Gasteiger partial charge is 0.240 e. The molecule has 0 saturated carbocycles. The lowest BCUT2D eigenvalue weighted by Crippen LogP contribution is -2.42. The average molecular weight is 251 g/mol. The zero-order valence-electron chi connectivity index (χ0n) is 10.3. The van der Waals surface area contributed by atoms with Gasteiger partial charge in [-0.1, -0.05) is 36.4 Å². The summed E-state index contributed by atoms with van der Waals surface area (Å²) in [6, 6.07) is 15.4. The molecular formula is C15H13N3O. The van der Waals surface area contributed by atoms with Gasteiger partial charge in [-0.25, -0.2) is 4.79 Å². The highest BCUT2D eigenvalue weighted by Crippen LogP contribution is 2.38. The van der Waals surface area contributed by atoms with Gasteiger partial charge in [0.2, 0.25) is 6.08 Å². The molecule has 3 N–H and O–H groups in total. The summed E-state index contributed by atoms with van der Waals surface area (Å²) in [5.41, 5.74) is 9.27. The van der Waals surface area contributed by atoms with Crippen LogP contribution in [0.2, 0.25) is 0 Å². The lowest BCUT2D eigenvalue weighted by molar-refractivity contribution is 0.536. The molecule has 1 atom stereocenters. The van der Waals surface area contributed by atoms with Gasteiger partial charge in [-0.3, -0.25) is 0 Å². The van der Waals surface area contributed by atoms with Gasteiger partial charge in [0.1, 0.15) is 5.66 Å². The van der Waals surface area contributed by atoms with Crippen molar-refractivity contribution in [2.24, 2.45) is 10.7 Å². The monoisotopic (exact) mass is 251 g/mol. The summed E-state index contributed by atoms with van der Waals surface area (Å²) >= 11 is 0. The highest BCUT2D eigenvalue weighted by atomic mass is 16.1. The lowest BCUT2D eigenvalue weighted by Gasteiger charge is -2.26. The van der Waals surface area contributed by atoms with Crippen LogP contribution in [0, 0.1) is 0 Å². The molecule has 1 heterocycles. The number of para-hydroxylation sites is 2. The Morgan fingerprint density at radius 3 is 2.68 bits per heavy atom. The van der Waals surface area contributed by atoms with Crippen LogP contribution in [0.25, 0.3) is 0 Å². The van der Waals surface area contributed by atoms with Gasteiger partial charge in [0.15, 0.2) is 0 Å². The number of carbonyl (C=O) groups excluding carboxylic acids is 1. The Balaban J connectivity index is 2.07. The third kappa shape index (κ3) is 1.93. The second kappa shape index (κ2) is 4.35. The van der Waals surface area contributed by atoms with Crippen LogP contribution in [-0.2, 0) is 16.9 Å². The van der Waals surface area contributed by atoms with E-state index >= 15 is 0 Å². The highest BCUT2D eigenvalue weighted by molar-refractivity contribution is 5.65. The van der Waals surface area contributed by atoms with E-state index in [4.69, 9.17) is 5.73 Å². The van der Waals surface area contributed by atoms with Crippen molar-refractivity contribution < 1.29 is 4.79 Å². The van der Waals surface area contributed by atoms with Gasteiger partial charge in [0, 0.05) is 17.7 Å². The average Bonchev–Trinajstić information content (AvgIpc) is 2.77. The van der Waals surface area contributed by atoms with Crippen LogP contribution in [0.1, 0.15) is 11.1 Å².